The summed E-state index contributed by atoms with van der Waals surface area (Å²) >= 11 is 0. The highest BCUT2D eigenvalue weighted by Crippen LogP contribution is 2.34. The van der Waals surface area contributed by atoms with Crippen molar-refractivity contribution in [2.24, 2.45) is 0 Å². The number of morpholine rings is 1. The second kappa shape index (κ2) is 8.94. The third-order valence-electron chi connectivity index (χ3n) is 6.17. The molecule has 176 valence electrons. The first-order chi connectivity index (χ1) is 16.0. The highest BCUT2D eigenvalue weighted by atomic mass is 32.2. The molecular formula is C23H27N3O6S. The van der Waals surface area contributed by atoms with Crippen molar-refractivity contribution in [1.29, 1.82) is 0 Å². The van der Waals surface area contributed by atoms with E-state index in [1.807, 2.05) is 10.6 Å². The monoisotopic (exact) mass is 473 g/mol. The number of aromatic hydroxyl groups is 1. The van der Waals surface area contributed by atoms with Crippen LogP contribution in [0.15, 0.2) is 41.3 Å². The maximum Gasteiger partial charge on any atom is 0.243 e. The quantitative estimate of drug-likeness (QED) is 0.587. The van der Waals surface area contributed by atoms with Crippen LogP contribution in [0.2, 0.25) is 0 Å². The fourth-order valence-electron chi connectivity index (χ4n) is 4.43. The first kappa shape index (κ1) is 22.1. The second-order valence-electron chi connectivity index (χ2n) is 8.23. The van der Waals surface area contributed by atoms with Gasteiger partial charge in [-0.2, -0.15) is 4.31 Å². The summed E-state index contributed by atoms with van der Waals surface area (Å²) in [6, 6.07) is 10.2. The predicted molar refractivity (Wildman–Crippen MR) is 122 cm³/mol. The van der Waals surface area contributed by atoms with Crippen LogP contribution in [0.5, 0.6) is 11.5 Å². The summed E-state index contributed by atoms with van der Waals surface area (Å²) in [4.78, 5) is 5.00. The smallest absolute Gasteiger partial charge is 0.243 e. The Labute approximate surface area is 192 Å². The van der Waals surface area contributed by atoms with Crippen molar-refractivity contribution in [2.45, 2.75) is 30.4 Å². The lowest BCUT2D eigenvalue weighted by Crippen LogP contribution is -2.40. The maximum absolute atomic E-state index is 13.2. The summed E-state index contributed by atoms with van der Waals surface area (Å²) in [6.45, 7) is 2.78. The normalized spacial score (nSPS) is 19.8. The minimum Gasteiger partial charge on any atom is -0.504 e. The average Bonchev–Trinajstić information content (AvgIpc) is 3.47. The molecule has 5 rings (SSSR count). The number of methoxy groups -OCH3 is 1. The maximum atomic E-state index is 13.2. The van der Waals surface area contributed by atoms with Crippen molar-refractivity contribution in [3.8, 4) is 22.9 Å². The molecule has 0 radical (unpaired) electrons. The number of benzene rings is 2. The Morgan fingerprint density at radius 3 is 2.67 bits per heavy atom. The van der Waals surface area contributed by atoms with Crippen molar-refractivity contribution in [2.75, 3.05) is 40.0 Å². The lowest BCUT2D eigenvalue weighted by molar-refractivity contribution is 0.0730. The molecule has 1 N–H and O–H groups in total. The summed E-state index contributed by atoms with van der Waals surface area (Å²) in [7, 11) is -2.14. The Bertz CT molecular complexity index is 1260. The zero-order valence-corrected chi connectivity index (χ0v) is 19.3. The Balaban J connectivity index is 1.60. The zero-order valence-electron chi connectivity index (χ0n) is 18.4. The number of imidazole rings is 1. The molecule has 1 unspecified atom stereocenters. The van der Waals surface area contributed by atoms with Gasteiger partial charge in [0, 0.05) is 25.3 Å². The van der Waals surface area contributed by atoms with Gasteiger partial charge in [0.2, 0.25) is 10.0 Å². The molecule has 2 aliphatic rings. The van der Waals surface area contributed by atoms with Crippen LogP contribution in [0.4, 0.5) is 0 Å². The highest BCUT2D eigenvalue weighted by Gasteiger charge is 2.28. The van der Waals surface area contributed by atoms with Gasteiger partial charge < -0.3 is 23.9 Å². The number of aromatic nitrogens is 2. The molecule has 10 heteroatoms. The minimum atomic E-state index is -3.64. The molecule has 2 aromatic carbocycles. The lowest BCUT2D eigenvalue weighted by atomic mass is 10.1. The van der Waals surface area contributed by atoms with E-state index in [9.17, 15) is 13.5 Å². The molecule has 3 heterocycles. The summed E-state index contributed by atoms with van der Waals surface area (Å²) in [6.07, 6.45) is 2.03. The number of hydrogen-bond acceptors (Lipinski definition) is 7. The van der Waals surface area contributed by atoms with Gasteiger partial charge in [-0.3, -0.25) is 0 Å². The van der Waals surface area contributed by atoms with E-state index >= 15 is 0 Å². The van der Waals surface area contributed by atoms with Gasteiger partial charge in [0.05, 0.1) is 48.9 Å². The van der Waals surface area contributed by atoms with Crippen molar-refractivity contribution < 1.29 is 27.7 Å². The van der Waals surface area contributed by atoms with Gasteiger partial charge in [-0.05, 0) is 49.2 Å². The Hall–Kier alpha value is -2.66. The van der Waals surface area contributed by atoms with E-state index in [4.69, 9.17) is 19.2 Å². The summed E-state index contributed by atoms with van der Waals surface area (Å²) in [5, 5.41) is 10.3. The van der Waals surface area contributed by atoms with Crippen LogP contribution in [0.25, 0.3) is 22.4 Å². The van der Waals surface area contributed by atoms with Crippen molar-refractivity contribution in [3.63, 3.8) is 0 Å². The number of ether oxygens (including phenoxy) is 3. The van der Waals surface area contributed by atoms with Gasteiger partial charge in [0.15, 0.2) is 11.5 Å². The molecule has 0 aliphatic carbocycles. The van der Waals surface area contributed by atoms with Crippen LogP contribution >= 0.6 is 0 Å². The molecule has 2 fully saturated rings. The average molecular weight is 474 g/mol. The highest BCUT2D eigenvalue weighted by molar-refractivity contribution is 7.89. The molecule has 2 aliphatic heterocycles. The molecule has 1 atom stereocenters. The number of nitrogens with zero attached hydrogens (tertiary/aromatic N) is 3. The van der Waals surface area contributed by atoms with Crippen LogP contribution in [0.1, 0.15) is 12.8 Å². The van der Waals surface area contributed by atoms with Crippen LogP contribution in [-0.4, -0.2) is 73.5 Å². The van der Waals surface area contributed by atoms with E-state index in [2.05, 4.69) is 0 Å². The molecule has 0 saturated carbocycles. The molecule has 9 nitrogen and oxygen atoms in total. The SMILES string of the molecule is COc1ccc(-c2nc3cc(S(=O)(=O)N4CCOCC4)ccc3n2CC2CCCO2)cc1O. The van der Waals surface area contributed by atoms with Crippen LogP contribution in [-0.2, 0) is 26.0 Å². The van der Waals surface area contributed by atoms with Crippen LogP contribution in [0, 0.1) is 0 Å². The first-order valence-corrected chi connectivity index (χ1v) is 12.5. The topological polar surface area (TPSA) is 103 Å². The standard InChI is InChI=1S/C23H27N3O6S/c1-30-22-7-4-16(13-21(22)27)23-24-19-14-18(33(28,29)25-8-11-31-12-9-25)5-6-20(19)26(23)15-17-3-2-10-32-17/h4-7,13-14,17,27H,2-3,8-12,15H2,1H3. The molecule has 3 aromatic rings. The molecule has 0 spiro atoms. The largest absolute Gasteiger partial charge is 0.504 e. The van der Waals surface area contributed by atoms with Gasteiger partial charge in [-0.15, -0.1) is 0 Å². The van der Waals surface area contributed by atoms with E-state index in [-0.39, 0.29) is 16.7 Å². The number of phenols is 1. The molecular weight excluding hydrogens is 446 g/mol. The number of sulfonamides is 1. The summed E-state index contributed by atoms with van der Waals surface area (Å²) in [5.74, 6) is 1.03. The summed E-state index contributed by atoms with van der Waals surface area (Å²) < 4.78 is 46.1. The molecule has 33 heavy (non-hydrogen) atoms. The molecule has 2 saturated heterocycles. The number of hydrogen-bond donors (Lipinski definition) is 1. The first-order valence-electron chi connectivity index (χ1n) is 11.0. The van der Waals surface area contributed by atoms with Crippen LogP contribution < -0.4 is 4.74 Å². The van der Waals surface area contributed by atoms with E-state index in [0.717, 1.165) is 25.0 Å². The third-order valence-corrected chi connectivity index (χ3v) is 8.07. The van der Waals surface area contributed by atoms with Crippen LogP contribution in [0.3, 0.4) is 0 Å². The van der Waals surface area contributed by atoms with Crippen molar-refractivity contribution in [1.82, 2.24) is 13.9 Å². The Morgan fingerprint density at radius 1 is 1.15 bits per heavy atom. The van der Waals surface area contributed by atoms with E-state index < -0.39 is 10.0 Å². The summed E-state index contributed by atoms with van der Waals surface area (Å²) in [5.41, 5.74) is 2.10. The fraction of sp³-hybridized carbons (Fsp3) is 0.435. The lowest BCUT2D eigenvalue weighted by Gasteiger charge is -2.26. The number of phenolic OH excluding ortho intramolecular Hbond substituents is 1. The van der Waals surface area contributed by atoms with Crippen molar-refractivity contribution in [3.05, 3.63) is 36.4 Å². The van der Waals surface area contributed by atoms with E-state index in [1.165, 1.54) is 11.4 Å². The fourth-order valence-corrected chi connectivity index (χ4v) is 5.86. The minimum absolute atomic E-state index is 0.0151. The van der Waals surface area contributed by atoms with Crippen molar-refractivity contribution >= 4 is 21.1 Å². The third kappa shape index (κ3) is 4.19. The van der Waals surface area contributed by atoms with Gasteiger partial charge >= 0.3 is 0 Å². The Kier molecular flexibility index (Phi) is 6.00. The van der Waals surface area contributed by atoms with Gasteiger partial charge in [0.1, 0.15) is 5.82 Å². The zero-order chi connectivity index (χ0) is 23.0. The van der Waals surface area contributed by atoms with E-state index in [0.29, 0.717) is 55.5 Å². The molecule has 0 bridgehead atoms. The Morgan fingerprint density at radius 2 is 1.97 bits per heavy atom. The van der Waals surface area contributed by atoms with Gasteiger partial charge in [-0.25, -0.2) is 13.4 Å². The van der Waals surface area contributed by atoms with E-state index in [1.54, 1.807) is 30.3 Å². The van der Waals surface area contributed by atoms with Gasteiger partial charge in [-0.1, -0.05) is 0 Å². The predicted octanol–water partition coefficient (Wildman–Crippen LogP) is 2.62. The molecule has 0 amide bonds. The number of rotatable bonds is 6. The number of fused-ring (bicyclic) bond motifs is 1. The second-order valence-corrected chi connectivity index (χ2v) is 10.2. The molecule has 1 aromatic heterocycles. The van der Waals surface area contributed by atoms with Gasteiger partial charge in [0.25, 0.3) is 0 Å².